The molecule has 11 rings (SSSR count). The number of thiophene rings is 1. The molecule has 0 fully saturated rings. The van der Waals surface area contributed by atoms with Crippen molar-refractivity contribution in [1.29, 1.82) is 0 Å². The van der Waals surface area contributed by atoms with Gasteiger partial charge >= 0.3 is 0 Å². The first-order valence-corrected chi connectivity index (χ1v) is 19.0. The number of fused-ring (bicyclic) bond motifs is 9. The van der Waals surface area contributed by atoms with Gasteiger partial charge in [-0.25, -0.2) is 0 Å². The van der Waals surface area contributed by atoms with E-state index in [1.54, 1.807) is 0 Å². The molecule has 0 unspecified atom stereocenters. The van der Waals surface area contributed by atoms with Crippen molar-refractivity contribution >= 4 is 70.5 Å². The Balaban J connectivity index is 1.15. The monoisotopic (exact) mass is 695 g/mol. The average Bonchev–Trinajstić information content (AvgIpc) is 3.87. The van der Waals surface area contributed by atoms with Gasteiger partial charge in [0.2, 0.25) is 0 Å². The first-order chi connectivity index (χ1) is 26.2. The Hall–Kier alpha value is -6.42. The Morgan fingerprint density at radius 1 is 0.472 bits per heavy atom. The predicted octanol–water partition coefficient (Wildman–Crippen LogP) is 14.4. The number of hydrogen-bond acceptors (Lipinski definition) is 3. The lowest BCUT2D eigenvalue weighted by atomic mass is 9.74. The maximum atomic E-state index is 7.02. The first-order valence-electron chi connectivity index (χ1n) is 18.2. The second kappa shape index (κ2) is 11.5. The van der Waals surface area contributed by atoms with E-state index in [1.807, 2.05) is 11.3 Å². The van der Waals surface area contributed by atoms with Crippen molar-refractivity contribution in [1.82, 2.24) is 0 Å². The second-order valence-corrected chi connectivity index (χ2v) is 15.3. The lowest BCUT2D eigenvalue weighted by Crippen LogP contribution is -2.22. The molecule has 10 aromatic rings. The topological polar surface area (TPSA) is 16.4 Å². The average molecular weight is 696 g/mol. The molecule has 0 spiro atoms. The molecular weight excluding hydrogens is 663 g/mol. The molecule has 0 radical (unpaired) electrons. The van der Waals surface area contributed by atoms with Crippen molar-refractivity contribution in [2.24, 2.45) is 0 Å². The molecular formula is C50H33NOS. The molecule has 2 heterocycles. The van der Waals surface area contributed by atoms with Gasteiger partial charge in [0.05, 0.1) is 11.1 Å². The van der Waals surface area contributed by atoms with E-state index in [2.05, 4.69) is 194 Å². The van der Waals surface area contributed by atoms with Gasteiger partial charge in [0.25, 0.3) is 0 Å². The van der Waals surface area contributed by atoms with Crippen LogP contribution in [0.15, 0.2) is 186 Å². The van der Waals surface area contributed by atoms with E-state index < -0.39 is 0 Å². The lowest BCUT2D eigenvalue weighted by Gasteiger charge is -2.28. The van der Waals surface area contributed by atoms with E-state index in [0.717, 1.165) is 39.0 Å². The molecule has 8 aromatic carbocycles. The van der Waals surface area contributed by atoms with Crippen LogP contribution in [0.2, 0.25) is 0 Å². The van der Waals surface area contributed by atoms with Gasteiger partial charge in [0.15, 0.2) is 0 Å². The van der Waals surface area contributed by atoms with Gasteiger partial charge in [-0.1, -0.05) is 140 Å². The Kier molecular flexibility index (Phi) is 6.58. The van der Waals surface area contributed by atoms with Gasteiger partial charge in [0.1, 0.15) is 11.2 Å². The van der Waals surface area contributed by atoms with Crippen molar-refractivity contribution in [3.8, 4) is 22.3 Å². The highest BCUT2D eigenvalue weighted by molar-refractivity contribution is 7.25. The fraction of sp³-hybridized carbons (Fsp3) is 0.0400. The van der Waals surface area contributed by atoms with Crippen LogP contribution in [-0.4, -0.2) is 0 Å². The molecule has 1 aliphatic rings. The molecule has 0 bridgehead atoms. The van der Waals surface area contributed by atoms with Crippen molar-refractivity contribution in [2.75, 3.05) is 4.90 Å². The summed E-state index contributed by atoms with van der Waals surface area (Å²) in [5.74, 6) is 0. The summed E-state index contributed by atoms with van der Waals surface area (Å²) >= 11 is 1.85. The quantitative estimate of drug-likeness (QED) is 0.178. The van der Waals surface area contributed by atoms with E-state index in [4.69, 9.17) is 4.42 Å². The molecule has 0 N–H and O–H groups in total. The Bertz CT molecular complexity index is 2980. The predicted molar refractivity (Wildman–Crippen MR) is 224 cm³/mol. The number of furan rings is 1. The van der Waals surface area contributed by atoms with Gasteiger partial charge in [-0.15, -0.1) is 11.3 Å². The summed E-state index contributed by atoms with van der Waals surface area (Å²) in [6.07, 6.45) is 0. The summed E-state index contributed by atoms with van der Waals surface area (Å²) in [5, 5.41) is 4.81. The van der Waals surface area contributed by atoms with Crippen molar-refractivity contribution in [2.45, 2.75) is 12.3 Å². The van der Waals surface area contributed by atoms with Gasteiger partial charge in [-0.3, -0.25) is 0 Å². The molecule has 2 aromatic heterocycles. The van der Waals surface area contributed by atoms with Crippen LogP contribution in [0.3, 0.4) is 0 Å². The maximum Gasteiger partial charge on any atom is 0.139 e. The minimum absolute atomic E-state index is 0.375. The van der Waals surface area contributed by atoms with E-state index in [1.165, 1.54) is 59.1 Å². The Morgan fingerprint density at radius 2 is 1.08 bits per heavy atom. The standard InChI is InChI=1S/C50H33NOS/c1-50(41-19-8-5-15-36(41)37-16-6-9-20-42(37)50)43-21-11-18-40-48-44(22-12-23-45(48)52-49(40)43)51(34-27-25-33(26-28-34)32-13-3-2-4-14-32)35-29-30-39-38-17-7-10-24-46(38)53-47(39)31-35/h2-31H,1H3. The first kappa shape index (κ1) is 30.2. The van der Waals surface area contributed by atoms with E-state index in [-0.39, 0.29) is 5.41 Å². The minimum Gasteiger partial charge on any atom is -0.456 e. The molecule has 0 saturated heterocycles. The molecule has 2 nitrogen and oxygen atoms in total. The van der Waals surface area contributed by atoms with Crippen molar-refractivity contribution in [3.05, 3.63) is 199 Å². The number of para-hydroxylation sites is 1. The number of hydrogen-bond donors (Lipinski definition) is 0. The third kappa shape index (κ3) is 4.44. The molecule has 250 valence electrons. The molecule has 1 aliphatic carbocycles. The van der Waals surface area contributed by atoms with Crippen LogP contribution in [0.4, 0.5) is 17.1 Å². The summed E-state index contributed by atoms with van der Waals surface area (Å²) in [7, 11) is 0. The van der Waals surface area contributed by atoms with E-state index in [0.29, 0.717) is 0 Å². The number of rotatable bonds is 5. The van der Waals surface area contributed by atoms with Crippen molar-refractivity contribution in [3.63, 3.8) is 0 Å². The Labute approximate surface area is 311 Å². The molecule has 53 heavy (non-hydrogen) atoms. The summed E-state index contributed by atoms with van der Waals surface area (Å²) in [6.45, 7) is 2.36. The van der Waals surface area contributed by atoms with Crippen LogP contribution in [0, 0.1) is 0 Å². The molecule has 3 heteroatoms. The summed E-state index contributed by atoms with van der Waals surface area (Å²) in [6, 6.07) is 66.1. The lowest BCUT2D eigenvalue weighted by molar-refractivity contribution is 0.638. The molecule has 0 aliphatic heterocycles. The zero-order valence-electron chi connectivity index (χ0n) is 29.1. The maximum absolute atomic E-state index is 7.02. The summed E-state index contributed by atoms with van der Waals surface area (Å²) < 4.78 is 9.59. The fourth-order valence-corrected chi connectivity index (χ4v) is 10.0. The fourth-order valence-electron chi connectivity index (χ4n) is 8.87. The van der Waals surface area contributed by atoms with Gasteiger partial charge in [-0.05, 0) is 82.8 Å². The largest absolute Gasteiger partial charge is 0.456 e. The zero-order valence-corrected chi connectivity index (χ0v) is 29.9. The summed E-state index contributed by atoms with van der Waals surface area (Å²) in [4.78, 5) is 2.41. The SMILES string of the molecule is CC1(c2cccc3c2oc2cccc(N(c4ccc(-c5ccccc5)cc4)c4ccc5c(c4)sc4ccccc45)c23)c2ccccc2-c2ccccc21. The van der Waals surface area contributed by atoms with Crippen LogP contribution >= 0.6 is 11.3 Å². The highest BCUT2D eigenvalue weighted by Crippen LogP contribution is 2.55. The van der Waals surface area contributed by atoms with Gasteiger partial charge in [-0.2, -0.15) is 0 Å². The van der Waals surface area contributed by atoms with Crippen LogP contribution in [0.25, 0.3) is 64.4 Å². The van der Waals surface area contributed by atoms with E-state index in [9.17, 15) is 0 Å². The van der Waals surface area contributed by atoms with Gasteiger partial charge < -0.3 is 9.32 Å². The summed E-state index contributed by atoms with van der Waals surface area (Å²) in [5.41, 5.74) is 13.5. The minimum atomic E-state index is -0.375. The second-order valence-electron chi connectivity index (χ2n) is 14.2. The third-order valence-electron chi connectivity index (χ3n) is 11.4. The van der Waals surface area contributed by atoms with Crippen LogP contribution in [-0.2, 0) is 5.41 Å². The highest BCUT2D eigenvalue weighted by atomic mass is 32.1. The molecule has 0 atom stereocenters. The van der Waals surface area contributed by atoms with Crippen molar-refractivity contribution < 1.29 is 4.42 Å². The van der Waals surface area contributed by atoms with Crippen LogP contribution in [0.5, 0.6) is 0 Å². The van der Waals surface area contributed by atoms with Crippen LogP contribution < -0.4 is 4.90 Å². The highest BCUT2D eigenvalue weighted by Gasteiger charge is 2.42. The normalized spacial score (nSPS) is 13.2. The molecule has 0 amide bonds. The molecule has 0 saturated carbocycles. The van der Waals surface area contributed by atoms with Crippen LogP contribution in [0.1, 0.15) is 23.6 Å². The van der Waals surface area contributed by atoms with Gasteiger partial charge in [0, 0.05) is 47.9 Å². The number of anilines is 3. The third-order valence-corrected chi connectivity index (χ3v) is 12.5. The van der Waals surface area contributed by atoms with E-state index >= 15 is 0 Å². The zero-order chi connectivity index (χ0) is 35.1. The smallest absolute Gasteiger partial charge is 0.139 e. The number of nitrogens with zero attached hydrogens (tertiary/aromatic N) is 1. The Morgan fingerprint density at radius 3 is 1.87 bits per heavy atom. The number of benzene rings is 8.